The third-order valence-corrected chi connectivity index (χ3v) is 7.28. The fourth-order valence-corrected chi connectivity index (χ4v) is 5.04. The zero-order chi connectivity index (χ0) is 15.2. The van der Waals surface area contributed by atoms with Gasteiger partial charge in [0.15, 0.2) is 4.32 Å². The molecule has 3 aliphatic heterocycles. The van der Waals surface area contributed by atoms with Crippen LogP contribution < -0.4 is 0 Å². The van der Waals surface area contributed by atoms with Crippen molar-refractivity contribution in [1.29, 1.82) is 0 Å². The number of hydrogen-bond donors (Lipinski definition) is 0. The van der Waals surface area contributed by atoms with E-state index in [1.807, 2.05) is 0 Å². The van der Waals surface area contributed by atoms with Gasteiger partial charge in [0.05, 0.1) is 0 Å². The summed E-state index contributed by atoms with van der Waals surface area (Å²) in [5.41, 5.74) is 0. The number of nitrogens with zero attached hydrogens (tertiary/aromatic N) is 4. The van der Waals surface area contributed by atoms with E-state index in [0.29, 0.717) is 0 Å². The number of carbonyl (C=O) groups is 4. The van der Waals surface area contributed by atoms with E-state index in [0.717, 1.165) is 9.80 Å². The molecule has 0 aromatic rings. The summed E-state index contributed by atoms with van der Waals surface area (Å²) in [6.45, 7) is 0. The molecule has 0 N–H and O–H groups in total. The third-order valence-electron chi connectivity index (χ3n) is 4.07. The Morgan fingerprint density at radius 3 is 2.05 bits per heavy atom. The van der Waals surface area contributed by atoms with Crippen molar-refractivity contribution in [3.63, 3.8) is 0 Å². The molecule has 3 atom stereocenters. The minimum atomic E-state index is -1.46. The second-order valence-electron chi connectivity index (χ2n) is 4.95. The lowest BCUT2D eigenvalue weighted by Gasteiger charge is -2.63. The number of hydrazine groups is 1. The first-order valence-corrected chi connectivity index (χ1v) is 7.25. The second kappa shape index (κ2) is 3.60. The topological polar surface area (TPSA) is 81.2 Å². The Hall–Kier alpha value is -1.00. The molecular weight excluding hydrogens is 400 g/mol. The van der Waals surface area contributed by atoms with Gasteiger partial charge in [0.1, 0.15) is 6.04 Å². The minimum Gasteiger partial charge on any atom is -0.282 e. The van der Waals surface area contributed by atoms with Crippen LogP contribution in [-0.4, -0.2) is 79.5 Å². The van der Waals surface area contributed by atoms with Crippen LogP contribution in [-0.2, 0) is 14.4 Å². The van der Waals surface area contributed by atoms with Crippen LogP contribution in [0.3, 0.4) is 0 Å². The molecule has 0 bridgehead atoms. The van der Waals surface area contributed by atoms with Crippen LogP contribution in [0.5, 0.6) is 0 Å². The number of imide groups is 2. The highest BCUT2D eigenvalue weighted by Gasteiger charge is 2.86. The van der Waals surface area contributed by atoms with Crippen molar-refractivity contribution in [2.75, 3.05) is 21.1 Å². The SMILES string of the molecule is CN1C(=O)[C@H]2N(N(C)C1=O)[C@@]1(Br)C(=O)N(C)C(=O)[C@@]21Br. The van der Waals surface area contributed by atoms with Crippen molar-refractivity contribution in [3.8, 4) is 0 Å². The third kappa shape index (κ3) is 1.06. The van der Waals surface area contributed by atoms with Gasteiger partial charge in [-0.05, 0) is 0 Å². The molecule has 3 fully saturated rings. The molecule has 3 aliphatic rings. The van der Waals surface area contributed by atoms with Gasteiger partial charge in [0, 0.05) is 21.1 Å². The van der Waals surface area contributed by atoms with Gasteiger partial charge in [-0.15, -0.1) is 0 Å². The van der Waals surface area contributed by atoms with Gasteiger partial charge in [0.2, 0.25) is 4.45 Å². The molecule has 0 aliphatic carbocycles. The molecule has 0 unspecified atom stereocenters. The number of halogens is 2. The second-order valence-corrected chi connectivity index (χ2v) is 7.35. The van der Waals surface area contributed by atoms with Gasteiger partial charge in [-0.2, -0.15) is 5.01 Å². The Morgan fingerprint density at radius 1 is 0.950 bits per heavy atom. The van der Waals surface area contributed by atoms with E-state index in [1.165, 1.54) is 31.2 Å². The van der Waals surface area contributed by atoms with Crippen molar-refractivity contribution in [2.45, 2.75) is 14.8 Å². The molecule has 5 amide bonds. The first-order chi connectivity index (χ1) is 9.11. The van der Waals surface area contributed by atoms with Crippen LogP contribution in [0.4, 0.5) is 4.79 Å². The first kappa shape index (κ1) is 14.0. The van der Waals surface area contributed by atoms with Crippen molar-refractivity contribution in [3.05, 3.63) is 0 Å². The quantitative estimate of drug-likeness (QED) is 0.301. The maximum atomic E-state index is 12.3. The van der Waals surface area contributed by atoms with Gasteiger partial charge in [-0.25, -0.2) is 4.79 Å². The van der Waals surface area contributed by atoms with Crippen LogP contribution in [0.15, 0.2) is 0 Å². The Morgan fingerprint density at radius 2 is 1.50 bits per heavy atom. The smallest absolute Gasteiger partial charge is 0.282 e. The Labute approximate surface area is 130 Å². The number of urea groups is 1. The van der Waals surface area contributed by atoms with Crippen molar-refractivity contribution < 1.29 is 19.2 Å². The molecular formula is C10H10Br2N4O4. The highest BCUT2D eigenvalue weighted by atomic mass is 79.9. The molecule has 3 heterocycles. The van der Waals surface area contributed by atoms with Gasteiger partial charge >= 0.3 is 6.03 Å². The average Bonchev–Trinajstić information content (AvgIpc) is 2.52. The Bertz CT molecular complexity index is 598. The van der Waals surface area contributed by atoms with Crippen LogP contribution in [0, 0.1) is 0 Å². The predicted octanol–water partition coefficient (Wildman–Crippen LogP) is -0.667. The number of hydrogen-bond acceptors (Lipinski definition) is 5. The normalized spacial score (nSPS) is 41.0. The zero-order valence-electron chi connectivity index (χ0n) is 10.8. The number of likely N-dealkylation sites (tertiary alicyclic amines) is 1. The number of likely N-dealkylation sites (N-methyl/N-ethyl adjacent to an activating group) is 2. The summed E-state index contributed by atoms with van der Waals surface area (Å²) < 4.78 is -2.87. The van der Waals surface area contributed by atoms with Crippen LogP contribution >= 0.6 is 31.9 Å². The Balaban J connectivity index is 2.19. The van der Waals surface area contributed by atoms with Crippen molar-refractivity contribution in [2.24, 2.45) is 0 Å². The lowest BCUT2D eigenvalue weighted by molar-refractivity contribution is -0.193. The lowest BCUT2D eigenvalue weighted by Crippen LogP contribution is -2.89. The first-order valence-electron chi connectivity index (χ1n) is 5.66. The molecule has 10 heteroatoms. The highest BCUT2D eigenvalue weighted by Crippen LogP contribution is 2.62. The molecule has 0 aromatic heterocycles. The van der Waals surface area contributed by atoms with E-state index in [9.17, 15) is 19.2 Å². The van der Waals surface area contributed by atoms with E-state index in [2.05, 4.69) is 31.9 Å². The summed E-state index contributed by atoms with van der Waals surface area (Å²) >= 11 is 6.52. The highest BCUT2D eigenvalue weighted by molar-refractivity contribution is 9.13. The number of rotatable bonds is 0. The summed E-state index contributed by atoms with van der Waals surface area (Å²) in [4.78, 5) is 50.8. The molecule has 108 valence electrons. The number of amides is 5. The summed E-state index contributed by atoms with van der Waals surface area (Å²) in [6, 6.07) is -1.51. The molecule has 8 nitrogen and oxygen atoms in total. The van der Waals surface area contributed by atoms with Crippen LogP contribution in [0.2, 0.25) is 0 Å². The molecule has 3 rings (SSSR count). The number of carbonyl (C=O) groups excluding carboxylic acids is 4. The number of fused-ring (bicyclic) bond motifs is 4. The number of alkyl halides is 2. The lowest BCUT2D eigenvalue weighted by atomic mass is 9.80. The van der Waals surface area contributed by atoms with E-state index >= 15 is 0 Å². The summed E-state index contributed by atoms with van der Waals surface area (Å²) in [5.74, 6) is -1.56. The monoisotopic (exact) mass is 408 g/mol. The summed E-state index contributed by atoms with van der Waals surface area (Å²) in [6.07, 6.45) is 0. The van der Waals surface area contributed by atoms with E-state index in [-0.39, 0.29) is 0 Å². The van der Waals surface area contributed by atoms with E-state index in [1.54, 1.807) is 0 Å². The average molecular weight is 410 g/mol. The fourth-order valence-electron chi connectivity index (χ4n) is 2.94. The summed E-state index contributed by atoms with van der Waals surface area (Å²) in [5, 5.41) is 2.47. The molecule has 3 saturated heterocycles. The van der Waals surface area contributed by atoms with Crippen LogP contribution in [0.1, 0.15) is 0 Å². The molecule has 0 saturated carbocycles. The maximum Gasteiger partial charge on any atom is 0.340 e. The molecule has 0 radical (unpaired) electrons. The van der Waals surface area contributed by atoms with E-state index in [4.69, 9.17) is 0 Å². The van der Waals surface area contributed by atoms with Crippen molar-refractivity contribution >= 4 is 55.6 Å². The minimum absolute atomic E-state index is 0.509. The predicted molar refractivity (Wildman–Crippen MR) is 72.6 cm³/mol. The fraction of sp³-hybridized carbons (Fsp3) is 0.600. The Kier molecular flexibility index (Phi) is 2.51. The molecule has 0 spiro atoms. The maximum absolute atomic E-state index is 12.3. The zero-order valence-corrected chi connectivity index (χ0v) is 13.9. The van der Waals surface area contributed by atoms with Crippen molar-refractivity contribution in [1.82, 2.24) is 19.8 Å². The van der Waals surface area contributed by atoms with Gasteiger partial charge in [-0.3, -0.25) is 29.2 Å². The largest absolute Gasteiger partial charge is 0.340 e. The standard InChI is InChI=1S/C10H10Br2N4O4/c1-13-5(17)4-9(11)6(18)14(2)7(19)10(9,12)16(4)15(3)8(13)20/h4H,1-3H3/t4-,9+,10+/m1/s1. The summed E-state index contributed by atoms with van der Waals surface area (Å²) in [7, 11) is 4.14. The molecule has 20 heavy (non-hydrogen) atoms. The van der Waals surface area contributed by atoms with Gasteiger partial charge in [0.25, 0.3) is 17.7 Å². The van der Waals surface area contributed by atoms with Gasteiger partial charge < -0.3 is 0 Å². The van der Waals surface area contributed by atoms with E-state index < -0.39 is 38.6 Å². The molecule has 0 aromatic carbocycles. The van der Waals surface area contributed by atoms with Crippen LogP contribution in [0.25, 0.3) is 0 Å². The van der Waals surface area contributed by atoms with Gasteiger partial charge in [-0.1, -0.05) is 31.9 Å².